The van der Waals surface area contributed by atoms with Gasteiger partial charge in [0.15, 0.2) is 0 Å². The number of aromatic amines is 1. The molecule has 4 N–H and O–H groups in total. The summed E-state index contributed by atoms with van der Waals surface area (Å²) >= 11 is 0. The highest BCUT2D eigenvalue weighted by molar-refractivity contribution is 5.44. The number of anilines is 2. The second kappa shape index (κ2) is 4.52. The molecule has 0 saturated carbocycles. The number of rotatable bonds is 2. The minimum absolute atomic E-state index is 0.122. The Kier molecular flexibility index (Phi) is 3.09. The first-order chi connectivity index (χ1) is 7.72. The zero-order valence-electron chi connectivity index (χ0n) is 9.42. The van der Waals surface area contributed by atoms with E-state index in [0.29, 0.717) is 23.8 Å². The third kappa shape index (κ3) is 2.01. The van der Waals surface area contributed by atoms with Crippen LogP contribution in [-0.4, -0.2) is 36.1 Å². The van der Waals surface area contributed by atoms with Gasteiger partial charge in [0.2, 0.25) is 5.95 Å². The van der Waals surface area contributed by atoms with E-state index in [1.807, 2.05) is 11.8 Å². The fraction of sp³-hybridized carbons (Fsp3) is 0.600. The molecule has 0 atom stereocenters. The van der Waals surface area contributed by atoms with Crippen molar-refractivity contribution in [2.24, 2.45) is 0 Å². The molecule has 2 rings (SSSR count). The van der Waals surface area contributed by atoms with Gasteiger partial charge in [0, 0.05) is 26.2 Å². The van der Waals surface area contributed by atoms with E-state index in [4.69, 9.17) is 5.73 Å². The van der Waals surface area contributed by atoms with Crippen LogP contribution in [0.2, 0.25) is 0 Å². The topological polar surface area (TPSA) is 87.0 Å². The summed E-state index contributed by atoms with van der Waals surface area (Å²) in [7, 11) is 0. The number of piperazine rings is 1. The molecule has 1 aromatic heterocycles. The fourth-order valence-electron chi connectivity index (χ4n) is 1.87. The first-order valence-corrected chi connectivity index (χ1v) is 5.56. The number of nitrogens with two attached hydrogens (primary N) is 1. The van der Waals surface area contributed by atoms with E-state index in [0.717, 1.165) is 26.2 Å². The normalized spacial score (nSPS) is 16.4. The van der Waals surface area contributed by atoms with Gasteiger partial charge in [0.05, 0.1) is 5.56 Å². The van der Waals surface area contributed by atoms with Gasteiger partial charge in [-0.3, -0.25) is 9.78 Å². The van der Waals surface area contributed by atoms with Gasteiger partial charge in [0.25, 0.3) is 5.56 Å². The molecule has 0 amide bonds. The molecular formula is C10H17N5O. The van der Waals surface area contributed by atoms with Crippen molar-refractivity contribution < 1.29 is 0 Å². The molecule has 0 aliphatic carbocycles. The van der Waals surface area contributed by atoms with E-state index in [1.165, 1.54) is 0 Å². The highest BCUT2D eigenvalue weighted by Crippen LogP contribution is 2.10. The highest BCUT2D eigenvalue weighted by Gasteiger charge is 2.15. The minimum Gasteiger partial charge on any atom is -0.383 e. The second-order valence-electron chi connectivity index (χ2n) is 3.84. The summed E-state index contributed by atoms with van der Waals surface area (Å²) < 4.78 is 0. The van der Waals surface area contributed by atoms with Crippen LogP contribution in [0.3, 0.4) is 0 Å². The summed E-state index contributed by atoms with van der Waals surface area (Å²) in [6.07, 6.45) is 0.607. The molecule has 2 heterocycles. The van der Waals surface area contributed by atoms with Crippen LogP contribution < -0.4 is 21.5 Å². The van der Waals surface area contributed by atoms with Gasteiger partial charge in [-0.1, -0.05) is 6.92 Å². The average Bonchev–Trinajstić information content (AvgIpc) is 2.30. The minimum atomic E-state index is -0.122. The zero-order valence-corrected chi connectivity index (χ0v) is 9.42. The fourth-order valence-corrected chi connectivity index (χ4v) is 1.87. The summed E-state index contributed by atoms with van der Waals surface area (Å²) in [6.45, 7) is 5.38. The molecule has 1 aliphatic heterocycles. The lowest BCUT2D eigenvalue weighted by atomic mass is 10.2. The van der Waals surface area contributed by atoms with E-state index in [9.17, 15) is 4.79 Å². The molecule has 1 saturated heterocycles. The Labute approximate surface area is 93.9 Å². The van der Waals surface area contributed by atoms with Crippen LogP contribution in [0.5, 0.6) is 0 Å². The molecule has 16 heavy (non-hydrogen) atoms. The van der Waals surface area contributed by atoms with Crippen molar-refractivity contribution in [2.75, 3.05) is 36.8 Å². The number of aromatic nitrogens is 2. The smallest absolute Gasteiger partial charge is 0.257 e. The maximum absolute atomic E-state index is 11.7. The third-order valence-electron chi connectivity index (χ3n) is 2.81. The number of nitrogen functional groups attached to an aromatic ring is 1. The zero-order chi connectivity index (χ0) is 11.5. The van der Waals surface area contributed by atoms with Gasteiger partial charge in [0.1, 0.15) is 5.82 Å². The third-order valence-corrected chi connectivity index (χ3v) is 2.81. The first kappa shape index (κ1) is 10.9. The molecule has 0 bridgehead atoms. The largest absolute Gasteiger partial charge is 0.383 e. The van der Waals surface area contributed by atoms with Crippen LogP contribution in [0, 0.1) is 0 Å². The second-order valence-corrected chi connectivity index (χ2v) is 3.84. The van der Waals surface area contributed by atoms with Gasteiger partial charge in [-0.2, -0.15) is 4.98 Å². The van der Waals surface area contributed by atoms with E-state index >= 15 is 0 Å². The Balaban J connectivity index is 2.31. The van der Waals surface area contributed by atoms with Gasteiger partial charge < -0.3 is 16.0 Å². The van der Waals surface area contributed by atoms with Crippen molar-refractivity contribution in [2.45, 2.75) is 13.3 Å². The van der Waals surface area contributed by atoms with Crippen LogP contribution in [0.4, 0.5) is 11.8 Å². The molecule has 6 heteroatoms. The van der Waals surface area contributed by atoms with Crippen LogP contribution in [0.25, 0.3) is 0 Å². The van der Waals surface area contributed by atoms with Crippen molar-refractivity contribution in [1.82, 2.24) is 15.3 Å². The predicted octanol–water partition coefficient (Wildman–Crippen LogP) is -0.676. The summed E-state index contributed by atoms with van der Waals surface area (Å²) in [5, 5.41) is 3.24. The number of nitrogens with zero attached hydrogens (tertiary/aromatic N) is 2. The van der Waals surface area contributed by atoms with Crippen molar-refractivity contribution >= 4 is 11.8 Å². The summed E-state index contributed by atoms with van der Waals surface area (Å²) in [5.74, 6) is 0.931. The molecule has 0 aromatic carbocycles. The van der Waals surface area contributed by atoms with E-state index in [-0.39, 0.29) is 5.56 Å². The highest BCUT2D eigenvalue weighted by atomic mass is 16.1. The van der Waals surface area contributed by atoms with Crippen LogP contribution in [0.15, 0.2) is 4.79 Å². The molecule has 0 unspecified atom stereocenters. The monoisotopic (exact) mass is 223 g/mol. The summed E-state index contributed by atoms with van der Waals surface area (Å²) in [5.41, 5.74) is 6.21. The first-order valence-electron chi connectivity index (χ1n) is 5.56. The summed E-state index contributed by atoms with van der Waals surface area (Å²) in [6, 6.07) is 0. The predicted molar refractivity (Wildman–Crippen MR) is 63.7 cm³/mol. The Morgan fingerprint density at radius 3 is 2.69 bits per heavy atom. The summed E-state index contributed by atoms with van der Waals surface area (Å²) in [4.78, 5) is 20.8. The Hall–Kier alpha value is -1.56. The van der Waals surface area contributed by atoms with Crippen molar-refractivity contribution in [3.63, 3.8) is 0 Å². The molecule has 88 valence electrons. The van der Waals surface area contributed by atoms with Crippen LogP contribution >= 0.6 is 0 Å². The van der Waals surface area contributed by atoms with E-state index in [1.54, 1.807) is 0 Å². The van der Waals surface area contributed by atoms with E-state index in [2.05, 4.69) is 15.3 Å². The molecular weight excluding hydrogens is 206 g/mol. The van der Waals surface area contributed by atoms with Gasteiger partial charge in [-0.05, 0) is 6.42 Å². The number of hydrogen-bond acceptors (Lipinski definition) is 5. The molecule has 0 radical (unpaired) electrons. The van der Waals surface area contributed by atoms with Crippen LogP contribution in [0.1, 0.15) is 12.5 Å². The van der Waals surface area contributed by atoms with E-state index < -0.39 is 0 Å². The number of nitrogens with one attached hydrogen (secondary N) is 2. The van der Waals surface area contributed by atoms with Crippen molar-refractivity contribution in [3.05, 3.63) is 15.9 Å². The lowest BCUT2D eigenvalue weighted by molar-refractivity contribution is 0.579. The van der Waals surface area contributed by atoms with Gasteiger partial charge in [-0.15, -0.1) is 0 Å². The molecule has 1 aromatic rings. The Bertz CT molecular complexity index is 422. The Morgan fingerprint density at radius 2 is 2.12 bits per heavy atom. The molecule has 6 nitrogen and oxygen atoms in total. The maximum Gasteiger partial charge on any atom is 0.257 e. The van der Waals surface area contributed by atoms with Crippen molar-refractivity contribution in [1.29, 1.82) is 0 Å². The lowest BCUT2D eigenvalue weighted by Crippen LogP contribution is -2.45. The lowest BCUT2D eigenvalue weighted by Gasteiger charge is -2.27. The van der Waals surface area contributed by atoms with Gasteiger partial charge >= 0.3 is 0 Å². The molecule has 1 fully saturated rings. The molecule has 0 spiro atoms. The number of hydrogen-bond donors (Lipinski definition) is 3. The average molecular weight is 223 g/mol. The Morgan fingerprint density at radius 1 is 1.44 bits per heavy atom. The maximum atomic E-state index is 11.7. The number of H-pyrrole nitrogens is 1. The van der Waals surface area contributed by atoms with Crippen LogP contribution in [-0.2, 0) is 6.42 Å². The van der Waals surface area contributed by atoms with Crippen molar-refractivity contribution in [3.8, 4) is 0 Å². The SMILES string of the molecule is CCc1c(N)nc(N2CCNCC2)[nH]c1=O. The molecule has 1 aliphatic rings. The quantitative estimate of drug-likeness (QED) is 0.618. The van der Waals surface area contributed by atoms with Gasteiger partial charge in [-0.25, -0.2) is 0 Å². The standard InChI is InChI=1S/C10H17N5O/c1-2-7-8(11)13-10(14-9(7)16)15-5-3-12-4-6-15/h12H,2-6H2,1H3,(H3,11,13,14,16).